The highest BCUT2D eigenvalue weighted by Crippen LogP contribution is 2.24. The SMILES string of the molecule is CCc1cc(NC(C(=O)N(C)C)c2ccccc2)c2nncn2n1. The highest BCUT2D eigenvalue weighted by molar-refractivity contribution is 5.87. The molecule has 0 bridgehead atoms. The quantitative estimate of drug-likeness (QED) is 0.776. The van der Waals surface area contributed by atoms with Crippen molar-refractivity contribution in [3.63, 3.8) is 0 Å². The number of hydrogen-bond acceptors (Lipinski definition) is 5. The molecule has 0 fully saturated rings. The number of aryl methyl sites for hydroxylation is 1. The lowest BCUT2D eigenvalue weighted by atomic mass is 10.1. The second kappa shape index (κ2) is 6.66. The van der Waals surface area contributed by atoms with E-state index in [1.54, 1.807) is 29.8 Å². The number of aromatic nitrogens is 4. The van der Waals surface area contributed by atoms with Crippen molar-refractivity contribution in [3.8, 4) is 0 Å². The Labute approximate surface area is 140 Å². The molecule has 0 saturated carbocycles. The van der Waals surface area contributed by atoms with Gasteiger partial charge in [0.2, 0.25) is 11.6 Å². The van der Waals surface area contributed by atoms with Gasteiger partial charge in [-0.25, -0.2) is 0 Å². The summed E-state index contributed by atoms with van der Waals surface area (Å²) in [6.45, 7) is 2.03. The van der Waals surface area contributed by atoms with Crippen molar-refractivity contribution in [1.82, 2.24) is 24.7 Å². The van der Waals surface area contributed by atoms with Crippen LogP contribution in [0.3, 0.4) is 0 Å². The van der Waals surface area contributed by atoms with Crippen LogP contribution < -0.4 is 5.32 Å². The van der Waals surface area contributed by atoms with Gasteiger partial charge in [-0.05, 0) is 18.1 Å². The lowest BCUT2D eigenvalue weighted by Crippen LogP contribution is -2.32. The molecule has 24 heavy (non-hydrogen) atoms. The summed E-state index contributed by atoms with van der Waals surface area (Å²) in [5, 5.41) is 15.8. The van der Waals surface area contributed by atoms with Crippen LogP contribution in [0, 0.1) is 0 Å². The average molecular weight is 324 g/mol. The number of benzene rings is 1. The summed E-state index contributed by atoms with van der Waals surface area (Å²) >= 11 is 0. The molecule has 7 heteroatoms. The van der Waals surface area contributed by atoms with Gasteiger partial charge in [0.1, 0.15) is 12.4 Å². The van der Waals surface area contributed by atoms with E-state index in [-0.39, 0.29) is 5.91 Å². The lowest BCUT2D eigenvalue weighted by Gasteiger charge is -2.23. The van der Waals surface area contributed by atoms with E-state index in [1.807, 2.05) is 43.3 Å². The Morgan fingerprint density at radius 2 is 2.04 bits per heavy atom. The summed E-state index contributed by atoms with van der Waals surface area (Å²) in [6, 6.07) is 11.0. The zero-order chi connectivity index (χ0) is 17.1. The Kier molecular flexibility index (Phi) is 4.41. The van der Waals surface area contributed by atoms with Crippen molar-refractivity contribution in [2.24, 2.45) is 0 Å². The summed E-state index contributed by atoms with van der Waals surface area (Å²) < 4.78 is 1.63. The van der Waals surface area contributed by atoms with Crippen molar-refractivity contribution in [2.45, 2.75) is 19.4 Å². The molecular formula is C17H20N6O. The maximum absolute atomic E-state index is 12.7. The average Bonchev–Trinajstić information content (AvgIpc) is 3.08. The van der Waals surface area contributed by atoms with Crippen molar-refractivity contribution in [2.75, 3.05) is 19.4 Å². The van der Waals surface area contributed by atoms with Crippen LogP contribution in [0.5, 0.6) is 0 Å². The third-order valence-corrected chi connectivity index (χ3v) is 3.80. The summed E-state index contributed by atoms with van der Waals surface area (Å²) in [4.78, 5) is 14.3. The van der Waals surface area contributed by atoms with E-state index in [0.29, 0.717) is 5.65 Å². The van der Waals surface area contributed by atoms with E-state index < -0.39 is 6.04 Å². The zero-order valence-electron chi connectivity index (χ0n) is 14.0. The minimum absolute atomic E-state index is 0.0336. The molecule has 0 aliphatic heterocycles. The molecule has 3 rings (SSSR count). The minimum Gasteiger partial charge on any atom is -0.367 e. The molecule has 1 unspecified atom stereocenters. The van der Waals surface area contributed by atoms with Crippen LogP contribution in [-0.2, 0) is 11.2 Å². The van der Waals surface area contributed by atoms with Gasteiger partial charge in [-0.2, -0.15) is 9.61 Å². The number of rotatable bonds is 5. The van der Waals surface area contributed by atoms with Gasteiger partial charge >= 0.3 is 0 Å². The van der Waals surface area contributed by atoms with E-state index in [2.05, 4.69) is 20.6 Å². The smallest absolute Gasteiger partial charge is 0.249 e. The molecule has 3 aromatic rings. The Balaban J connectivity index is 2.04. The summed E-state index contributed by atoms with van der Waals surface area (Å²) in [6.07, 6.45) is 2.34. The Bertz CT molecular complexity index is 843. The molecule has 2 aromatic heterocycles. The van der Waals surface area contributed by atoms with Crippen LogP contribution in [-0.4, -0.2) is 44.7 Å². The third kappa shape index (κ3) is 3.05. The van der Waals surface area contributed by atoms with Crippen molar-refractivity contribution in [1.29, 1.82) is 0 Å². The first-order valence-corrected chi connectivity index (χ1v) is 7.82. The molecule has 124 valence electrons. The maximum atomic E-state index is 12.7. The number of fused-ring (bicyclic) bond motifs is 1. The van der Waals surface area contributed by atoms with Crippen LogP contribution in [0.2, 0.25) is 0 Å². The Morgan fingerprint density at radius 3 is 2.71 bits per heavy atom. The van der Waals surface area contributed by atoms with Gasteiger partial charge in [0.15, 0.2) is 0 Å². The first kappa shape index (κ1) is 15.9. The number of carbonyl (C=O) groups excluding carboxylic acids is 1. The van der Waals surface area contributed by atoms with Gasteiger partial charge in [-0.15, -0.1) is 10.2 Å². The summed E-state index contributed by atoms with van der Waals surface area (Å²) in [5.74, 6) is -0.0336. The van der Waals surface area contributed by atoms with Crippen LogP contribution in [0.4, 0.5) is 5.69 Å². The molecule has 0 spiro atoms. The van der Waals surface area contributed by atoms with Crippen LogP contribution in [0.25, 0.3) is 5.65 Å². The van der Waals surface area contributed by atoms with Crippen molar-refractivity contribution < 1.29 is 4.79 Å². The normalized spacial score (nSPS) is 12.1. The largest absolute Gasteiger partial charge is 0.367 e. The molecule has 1 amide bonds. The van der Waals surface area contributed by atoms with Gasteiger partial charge in [0, 0.05) is 14.1 Å². The van der Waals surface area contributed by atoms with E-state index >= 15 is 0 Å². The number of carbonyl (C=O) groups is 1. The molecule has 1 aromatic carbocycles. The fourth-order valence-electron chi connectivity index (χ4n) is 2.50. The number of hydrogen-bond donors (Lipinski definition) is 1. The minimum atomic E-state index is -0.506. The van der Waals surface area contributed by atoms with Gasteiger partial charge in [-0.3, -0.25) is 4.79 Å². The topological polar surface area (TPSA) is 75.4 Å². The number of nitrogens with zero attached hydrogens (tertiary/aromatic N) is 5. The number of amides is 1. The predicted octanol–water partition coefficient (Wildman–Crippen LogP) is 1.93. The van der Waals surface area contributed by atoms with Gasteiger partial charge in [0.25, 0.3) is 0 Å². The number of nitrogens with one attached hydrogen (secondary N) is 1. The molecule has 0 aliphatic carbocycles. The van der Waals surface area contributed by atoms with Crippen LogP contribution >= 0.6 is 0 Å². The standard InChI is InChI=1S/C17H20N6O/c1-4-13-10-14(16-20-18-11-23(16)21-13)19-15(17(24)22(2)3)12-8-6-5-7-9-12/h5-11,15,19H,4H2,1-3H3. The van der Waals surface area contributed by atoms with E-state index in [1.165, 1.54) is 0 Å². The maximum Gasteiger partial charge on any atom is 0.249 e. The molecule has 1 N–H and O–H groups in total. The molecule has 1 atom stereocenters. The van der Waals surface area contributed by atoms with E-state index in [9.17, 15) is 4.79 Å². The van der Waals surface area contributed by atoms with Gasteiger partial charge in [-0.1, -0.05) is 37.3 Å². The monoisotopic (exact) mass is 324 g/mol. The van der Waals surface area contributed by atoms with Gasteiger partial charge < -0.3 is 10.2 Å². The Hall–Kier alpha value is -2.96. The summed E-state index contributed by atoms with van der Waals surface area (Å²) in [7, 11) is 3.49. The van der Waals surface area contributed by atoms with E-state index in [4.69, 9.17) is 0 Å². The van der Waals surface area contributed by atoms with Gasteiger partial charge in [0.05, 0.1) is 11.4 Å². The first-order valence-electron chi connectivity index (χ1n) is 7.82. The number of anilines is 1. The number of likely N-dealkylation sites (N-methyl/N-ethyl adjacent to an activating group) is 1. The molecule has 0 radical (unpaired) electrons. The molecule has 0 aliphatic rings. The lowest BCUT2D eigenvalue weighted by molar-refractivity contribution is -0.129. The fourth-order valence-corrected chi connectivity index (χ4v) is 2.50. The first-order chi connectivity index (χ1) is 11.6. The molecule has 2 heterocycles. The molecule has 7 nitrogen and oxygen atoms in total. The van der Waals surface area contributed by atoms with E-state index in [0.717, 1.165) is 23.4 Å². The predicted molar refractivity (Wildman–Crippen MR) is 91.7 cm³/mol. The zero-order valence-corrected chi connectivity index (χ0v) is 14.0. The molecular weight excluding hydrogens is 304 g/mol. The Morgan fingerprint density at radius 1 is 1.29 bits per heavy atom. The molecule has 0 saturated heterocycles. The fraction of sp³-hybridized carbons (Fsp3) is 0.294. The van der Waals surface area contributed by atoms with Crippen molar-refractivity contribution >= 4 is 17.2 Å². The summed E-state index contributed by atoms with van der Waals surface area (Å²) in [5.41, 5.74) is 3.13. The highest BCUT2D eigenvalue weighted by Gasteiger charge is 2.23. The highest BCUT2D eigenvalue weighted by atomic mass is 16.2. The second-order valence-corrected chi connectivity index (χ2v) is 5.72. The van der Waals surface area contributed by atoms with Crippen LogP contribution in [0.15, 0.2) is 42.7 Å². The second-order valence-electron chi connectivity index (χ2n) is 5.72. The third-order valence-electron chi connectivity index (χ3n) is 3.80. The van der Waals surface area contributed by atoms with Crippen molar-refractivity contribution in [3.05, 3.63) is 54.0 Å². The van der Waals surface area contributed by atoms with Crippen LogP contribution in [0.1, 0.15) is 24.2 Å².